The number of hydrogen-bond donors (Lipinski definition) is 0. The highest BCUT2D eigenvalue weighted by molar-refractivity contribution is 5.71. The molecular formula is C76H140O6. The Balaban J connectivity index is 4.09. The smallest absolute Gasteiger partial charge is 0.306 e. The minimum Gasteiger partial charge on any atom is -0.462 e. The lowest BCUT2D eigenvalue weighted by Gasteiger charge is -2.18. The molecule has 0 aromatic rings. The van der Waals surface area contributed by atoms with E-state index < -0.39 is 6.10 Å². The van der Waals surface area contributed by atoms with Gasteiger partial charge in [-0.2, -0.15) is 0 Å². The molecule has 1 unspecified atom stereocenters. The molecule has 0 saturated heterocycles. The van der Waals surface area contributed by atoms with Crippen molar-refractivity contribution in [1.29, 1.82) is 0 Å². The third-order valence-corrected chi connectivity index (χ3v) is 16.6. The van der Waals surface area contributed by atoms with E-state index in [2.05, 4.69) is 69.4 Å². The number of esters is 3. The number of rotatable bonds is 68. The van der Waals surface area contributed by atoms with Gasteiger partial charge in [-0.05, 0) is 57.8 Å². The van der Waals surface area contributed by atoms with Crippen LogP contribution in [0.5, 0.6) is 0 Å². The quantitative estimate of drug-likeness (QED) is 0.0261. The third-order valence-electron chi connectivity index (χ3n) is 16.6. The number of unbranched alkanes of at least 4 members (excludes halogenated alkanes) is 49. The van der Waals surface area contributed by atoms with Crippen LogP contribution in [0, 0.1) is 0 Å². The van der Waals surface area contributed by atoms with Crippen molar-refractivity contribution in [3.63, 3.8) is 0 Å². The molecule has 0 saturated carbocycles. The minimum absolute atomic E-state index is 0.0693. The number of hydrogen-bond acceptors (Lipinski definition) is 6. The summed E-state index contributed by atoms with van der Waals surface area (Å²) in [5.74, 6) is -0.849. The molecule has 0 aliphatic heterocycles. The molecule has 0 aromatic carbocycles. The molecule has 0 rings (SSSR count). The summed E-state index contributed by atoms with van der Waals surface area (Å²) in [6, 6.07) is 0. The van der Waals surface area contributed by atoms with Crippen molar-refractivity contribution in [1.82, 2.24) is 0 Å². The highest BCUT2D eigenvalue weighted by Crippen LogP contribution is 2.19. The van der Waals surface area contributed by atoms with E-state index in [1.165, 1.54) is 276 Å². The Morgan fingerprint density at radius 1 is 0.256 bits per heavy atom. The Hall–Kier alpha value is -2.63. The standard InChI is InChI=1S/C76H140O6/c1-4-7-10-13-16-19-22-24-26-28-30-32-34-35-36-37-38-39-40-41-43-44-46-48-50-52-54-57-60-63-66-69-75(78)81-72-73(71-80-74(77)68-65-62-59-56-21-18-15-12-9-6-3)82-76(79)70-67-64-61-58-55-53-51-49-47-45-42-33-31-29-27-25-23-20-17-14-11-8-5-2/h8,11,17,20,25,27,31,33,73H,4-7,9-10,12-16,18-19,21-24,26,28-30,32,34-72H2,1-3H3/b11-8-,20-17-,27-25-,33-31-. The molecule has 0 aliphatic rings. The molecule has 6 nitrogen and oxygen atoms in total. The van der Waals surface area contributed by atoms with Gasteiger partial charge in [0.05, 0.1) is 0 Å². The largest absolute Gasteiger partial charge is 0.462 e. The summed E-state index contributed by atoms with van der Waals surface area (Å²) in [6.45, 7) is 6.58. The highest BCUT2D eigenvalue weighted by atomic mass is 16.6. The lowest BCUT2D eigenvalue weighted by atomic mass is 10.0. The second kappa shape index (κ2) is 70.9. The van der Waals surface area contributed by atoms with Gasteiger partial charge in [0.25, 0.3) is 0 Å². The Bertz CT molecular complexity index is 1410. The fraction of sp³-hybridized carbons (Fsp3) is 0.855. The molecule has 0 aliphatic carbocycles. The van der Waals surface area contributed by atoms with Gasteiger partial charge >= 0.3 is 17.9 Å². The molecule has 0 radical (unpaired) electrons. The second-order valence-corrected chi connectivity index (χ2v) is 24.8. The average molecular weight is 1150 g/mol. The lowest BCUT2D eigenvalue weighted by molar-refractivity contribution is -0.167. The average Bonchev–Trinajstić information content (AvgIpc) is 3.47. The molecule has 0 spiro atoms. The van der Waals surface area contributed by atoms with Crippen molar-refractivity contribution in [3.05, 3.63) is 48.6 Å². The Labute approximate surface area is 511 Å². The Morgan fingerprint density at radius 2 is 0.476 bits per heavy atom. The van der Waals surface area contributed by atoms with E-state index in [4.69, 9.17) is 14.2 Å². The summed E-state index contributed by atoms with van der Waals surface area (Å²) in [7, 11) is 0. The van der Waals surface area contributed by atoms with Crippen molar-refractivity contribution < 1.29 is 28.6 Å². The molecule has 0 N–H and O–H groups in total. The number of carbonyl (C=O) groups excluding carboxylic acids is 3. The van der Waals surface area contributed by atoms with Crippen LogP contribution in [0.4, 0.5) is 0 Å². The van der Waals surface area contributed by atoms with Crippen molar-refractivity contribution in [2.24, 2.45) is 0 Å². The number of ether oxygens (including phenoxy) is 3. The van der Waals surface area contributed by atoms with E-state index in [0.29, 0.717) is 19.3 Å². The van der Waals surface area contributed by atoms with E-state index in [1.807, 2.05) is 0 Å². The van der Waals surface area contributed by atoms with Crippen LogP contribution >= 0.6 is 0 Å². The maximum Gasteiger partial charge on any atom is 0.306 e. The van der Waals surface area contributed by atoms with Gasteiger partial charge in [0.1, 0.15) is 13.2 Å². The first kappa shape index (κ1) is 79.4. The van der Waals surface area contributed by atoms with Crippen LogP contribution in [0.3, 0.4) is 0 Å². The fourth-order valence-electron chi connectivity index (χ4n) is 11.1. The zero-order valence-electron chi connectivity index (χ0n) is 55.3. The molecule has 82 heavy (non-hydrogen) atoms. The number of carbonyl (C=O) groups is 3. The van der Waals surface area contributed by atoms with Crippen molar-refractivity contribution >= 4 is 17.9 Å². The number of allylic oxidation sites excluding steroid dienone is 8. The molecule has 0 heterocycles. The first-order valence-corrected chi connectivity index (χ1v) is 36.6. The summed E-state index contributed by atoms with van der Waals surface area (Å²) in [6.07, 6.45) is 90.3. The molecule has 0 bridgehead atoms. The summed E-state index contributed by atoms with van der Waals surface area (Å²) in [5.41, 5.74) is 0. The summed E-state index contributed by atoms with van der Waals surface area (Å²) in [4.78, 5) is 38.4. The zero-order chi connectivity index (χ0) is 59.2. The van der Waals surface area contributed by atoms with Crippen LogP contribution < -0.4 is 0 Å². The van der Waals surface area contributed by atoms with Gasteiger partial charge < -0.3 is 14.2 Å². The third kappa shape index (κ3) is 68.2. The van der Waals surface area contributed by atoms with Crippen molar-refractivity contribution in [3.8, 4) is 0 Å². The lowest BCUT2D eigenvalue weighted by Crippen LogP contribution is -2.30. The second-order valence-electron chi connectivity index (χ2n) is 24.8. The predicted octanol–water partition coefficient (Wildman–Crippen LogP) is 25.3. The van der Waals surface area contributed by atoms with Crippen LogP contribution in [0.15, 0.2) is 48.6 Å². The van der Waals surface area contributed by atoms with Gasteiger partial charge in [0, 0.05) is 19.3 Å². The van der Waals surface area contributed by atoms with Crippen LogP contribution in [-0.2, 0) is 28.6 Å². The molecule has 1 atom stereocenters. The van der Waals surface area contributed by atoms with Crippen molar-refractivity contribution in [2.75, 3.05) is 13.2 Å². The highest BCUT2D eigenvalue weighted by Gasteiger charge is 2.19. The molecular weight excluding hydrogens is 1010 g/mol. The topological polar surface area (TPSA) is 78.9 Å². The van der Waals surface area contributed by atoms with Crippen LogP contribution in [0.25, 0.3) is 0 Å². The van der Waals surface area contributed by atoms with Crippen LogP contribution in [0.1, 0.15) is 400 Å². The van der Waals surface area contributed by atoms with E-state index in [9.17, 15) is 14.4 Å². The maximum absolute atomic E-state index is 12.9. The predicted molar refractivity (Wildman–Crippen MR) is 358 cm³/mol. The Kier molecular flexibility index (Phi) is 68.6. The minimum atomic E-state index is -0.773. The van der Waals surface area contributed by atoms with Gasteiger partial charge in [0.2, 0.25) is 0 Å². The molecule has 0 fully saturated rings. The fourth-order valence-corrected chi connectivity index (χ4v) is 11.1. The van der Waals surface area contributed by atoms with E-state index in [-0.39, 0.29) is 31.1 Å². The van der Waals surface area contributed by atoms with Gasteiger partial charge in [-0.3, -0.25) is 14.4 Å². The molecule has 480 valence electrons. The van der Waals surface area contributed by atoms with E-state index >= 15 is 0 Å². The first-order chi connectivity index (χ1) is 40.5. The summed E-state index contributed by atoms with van der Waals surface area (Å²) >= 11 is 0. The van der Waals surface area contributed by atoms with Gasteiger partial charge in [-0.25, -0.2) is 0 Å². The van der Waals surface area contributed by atoms with Gasteiger partial charge in [-0.15, -0.1) is 0 Å². The van der Waals surface area contributed by atoms with E-state index in [0.717, 1.165) is 83.5 Å². The monoisotopic (exact) mass is 1150 g/mol. The normalized spacial score (nSPS) is 12.3. The zero-order valence-corrected chi connectivity index (χ0v) is 55.3. The SMILES string of the molecule is CC/C=C\C/C=C\C/C=C\C/C=C\CCCCCCCCCCCCC(=O)OC(COC(=O)CCCCCCCCCCCC)COC(=O)CCCCCCCCCCCCCCCCCCCCCCCCCCCCCCCCC. The van der Waals surface area contributed by atoms with Crippen molar-refractivity contribution in [2.45, 2.75) is 406 Å². The summed E-state index contributed by atoms with van der Waals surface area (Å²) in [5, 5.41) is 0. The first-order valence-electron chi connectivity index (χ1n) is 36.6. The van der Waals surface area contributed by atoms with E-state index in [1.54, 1.807) is 0 Å². The van der Waals surface area contributed by atoms with Gasteiger partial charge in [-0.1, -0.05) is 371 Å². The van der Waals surface area contributed by atoms with Gasteiger partial charge in [0.15, 0.2) is 6.10 Å². The van der Waals surface area contributed by atoms with Crippen LogP contribution in [-0.4, -0.2) is 37.2 Å². The molecule has 0 amide bonds. The Morgan fingerprint density at radius 3 is 0.744 bits per heavy atom. The molecule has 0 aromatic heterocycles. The summed E-state index contributed by atoms with van der Waals surface area (Å²) < 4.78 is 17.0. The molecule has 6 heteroatoms. The maximum atomic E-state index is 12.9. The van der Waals surface area contributed by atoms with Crippen LogP contribution in [0.2, 0.25) is 0 Å².